The summed E-state index contributed by atoms with van der Waals surface area (Å²) in [6.45, 7) is 8.48. The van der Waals surface area contributed by atoms with E-state index in [2.05, 4.69) is 61.7 Å². The molecule has 0 saturated carbocycles. The first kappa shape index (κ1) is 17.1. The molecule has 108 valence electrons. The zero-order valence-electron chi connectivity index (χ0n) is 14.5. The second kappa shape index (κ2) is 7.84. The third kappa shape index (κ3) is 3.93. The van der Waals surface area contributed by atoms with Gasteiger partial charge in [0, 0.05) is 0 Å². The van der Waals surface area contributed by atoms with Gasteiger partial charge in [-0.15, -0.1) is 0 Å². The summed E-state index contributed by atoms with van der Waals surface area (Å²) < 4.78 is 0. The molecule has 0 radical (unpaired) electrons. The van der Waals surface area contributed by atoms with Gasteiger partial charge in [-0.1, -0.05) is 92.0 Å². The van der Waals surface area contributed by atoms with Gasteiger partial charge in [-0.25, -0.2) is 0 Å². The summed E-state index contributed by atoms with van der Waals surface area (Å²) in [5.41, 5.74) is 6.60. The van der Waals surface area contributed by atoms with E-state index in [0.717, 1.165) is 33.4 Å². The molecule has 0 N–H and O–H groups in total. The molecule has 3 aromatic rings. The molecule has 23 heavy (non-hydrogen) atoms. The molecule has 0 aromatic heterocycles. The zero-order valence-corrected chi connectivity index (χ0v) is 13.5. The third-order valence-corrected chi connectivity index (χ3v) is 3.80. The van der Waals surface area contributed by atoms with Gasteiger partial charge in [-0.05, 0) is 39.5 Å². The predicted octanol–water partition coefficient (Wildman–Crippen LogP) is 2.93. The molecule has 0 aliphatic carbocycles. The summed E-state index contributed by atoms with van der Waals surface area (Å²) in [6.07, 6.45) is 0. The maximum atomic E-state index is 4.24. The van der Waals surface area contributed by atoms with Crippen LogP contribution in [0.1, 0.15) is 23.7 Å². The van der Waals surface area contributed by atoms with Gasteiger partial charge in [0.15, 0.2) is 0 Å². The Balaban J connectivity index is 0.00000144. The SMILES string of the molecule is C=C(c1ccccc1)c1cccc(C(=C)c2ccccc2)c1.[H-].[Li+]. The second-order valence-electron chi connectivity index (χ2n) is 5.27. The molecule has 0 amide bonds. The molecule has 0 fully saturated rings. The first-order valence-corrected chi connectivity index (χ1v) is 7.35. The average Bonchev–Trinajstić information content (AvgIpc) is 2.62. The van der Waals surface area contributed by atoms with Crippen LogP contribution in [0.4, 0.5) is 0 Å². The number of benzene rings is 3. The minimum absolute atomic E-state index is 0. The van der Waals surface area contributed by atoms with E-state index >= 15 is 0 Å². The van der Waals surface area contributed by atoms with Crippen molar-refractivity contribution in [2.75, 3.05) is 0 Å². The van der Waals surface area contributed by atoms with E-state index in [-0.39, 0.29) is 20.3 Å². The zero-order chi connectivity index (χ0) is 15.4. The molecule has 0 aliphatic heterocycles. The molecule has 0 spiro atoms. The molecular formula is C22H19Li. The van der Waals surface area contributed by atoms with Crippen LogP contribution in [0.25, 0.3) is 11.1 Å². The van der Waals surface area contributed by atoms with Crippen LogP contribution >= 0.6 is 0 Å². The molecule has 0 saturated heterocycles. The van der Waals surface area contributed by atoms with Crippen molar-refractivity contribution >= 4 is 11.1 Å². The van der Waals surface area contributed by atoms with Gasteiger partial charge in [0.25, 0.3) is 0 Å². The molecule has 0 bridgehead atoms. The van der Waals surface area contributed by atoms with Crippen molar-refractivity contribution in [1.82, 2.24) is 0 Å². The van der Waals surface area contributed by atoms with Crippen molar-refractivity contribution in [2.45, 2.75) is 0 Å². The largest absolute Gasteiger partial charge is 1.00 e. The standard InChI is InChI=1S/C22H18.Li.H/c1-17(19-10-5-3-6-11-19)21-14-9-15-22(16-21)18(2)20-12-7-4-8-13-20;;/h3-16H,1-2H2;;/q;+1;-1. The molecule has 1 heteroatoms. The minimum atomic E-state index is 0. The molecule has 0 heterocycles. The van der Waals surface area contributed by atoms with Crippen molar-refractivity contribution in [1.29, 1.82) is 0 Å². The molecule has 3 rings (SSSR count). The summed E-state index contributed by atoms with van der Waals surface area (Å²) in [5.74, 6) is 0. The van der Waals surface area contributed by atoms with Gasteiger partial charge in [-0.3, -0.25) is 0 Å². The summed E-state index contributed by atoms with van der Waals surface area (Å²) in [4.78, 5) is 0. The smallest absolute Gasteiger partial charge is 1.00 e. The van der Waals surface area contributed by atoms with Gasteiger partial charge in [0.2, 0.25) is 0 Å². The van der Waals surface area contributed by atoms with Crippen LogP contribution in [0.15, 0.2) is 98.1 Å². The molecular weight excluding hydrogens is 271 g/mol. The van der Waals surface area contributed by atoms with Gasteiger partial charge in [0.05, 0.1) is 0 Å². The van der Waals surface area contributed by atoms with Crippen molar-refractivity contribution in [3.8, 4) is 0 Å². The van der Waals surface area contributed by atoms with E-state index in [0.29, 0.717) is 0 Å². The fourth-order valence-electron chi connectivity index (χ4n) is 2.51. The quantitative estimate of drug-likeness (QED) is 0.648. The Kier molecular flexibility index (Phi) is 5.82. The van der Waals surface area contributed by atoms with E-state index in [1.54, 1.807) is 0 Å². The Hall–Kier alpha value is -2.26. The Morgan fingerprint density at radius 2 is 0.870 bits per heavy atom. The van der Waals surface area contributed by atoms with E-state index < -0.39 is 0 Å². The summed E-state index contributed by atoms with van der Waals surface area (Å²) in [5, 5.41) is 0. The number of hydrogen-bond donors (Lipinski definition) is 0. The van der Waals surface area contributed by atoms with E-state index in [4.69, 9.17) is 0 Å². The van der Waals surface area contributed by atoms with Crippen molar-refractivity contribution < 1.29 is 20.3 Å². The van der Waals surface area contributed by atoms with Gasteiger partial charge in [-0.2, -0.15) is 0 Å². The maximum Gasteiger partial charge on any atom is 1.00 e. The van der Waals surface area contributed by atoms with Crippen LogP contribution in [-0.4, -0.2) is 0 Å². The first-order valence-electron chi connectivity index (χ1n) is 7.35. The van der Waals surface area contributed by atoms with Crippen LogP contribution in [0.5, 0.6) is 0 Å². The molecule has 3 aromatic carbocycles. The molecule has 0 nitrogen and oxygen atoms in total. The van der Waals surface area contributed by atoms with Crippen LogP contribution in [-0.2, 0) is 0 Å². The van der Waals surface area contributed by atoms with Gasteiger partial charge < -0.3 is 1.43 Å². The van der Waals surface area contributed by atoms with Crippen molar-refractivity contribution in [3.05, 3.63) is 120 Å². The van der Waals surface area contributed by atoms with Crippen LogP contribution < -0.4 is 18.9 Å². The minimum Gasteiger partial charge on any atom is -1.00 e. The van der Waals surface area contributed by atoms with E-state index in [1.165, 1.54) is 0 Å². The molecule has 0 atom stereocenters. The average molecular weight is 290 g/mol. The number of hydrogen-bond acceptors (Lipinski definition) is 0. The van der Waals surface area contributed by atoms with Crippen molar-refractivity contribution in [2.24, 2.45) is 0 Å². The topological polar surface area (TPSA) is 0 Å². The van der Waals surface area contributed by atoms with E-state index in [1.807, 2.05) is 36.4 Å². The van der Waals surface area contributed by atoms with Gasteiger partial charge >= 0.3 is 18.9 Å². The Morgan fingerprint density at radius 3 is 1.26 bits per heavy atom. The third-order valence-electron chi connectivity index (χ3n) is 3.80. The Labute approximate surface area is 151 Å². The molecule has 0 unspecified atom stereocenters. The van der Waals surface area contributed by atoms with Crippen LogP contribution in [0.3, 0.4) is 0 Å². The molecule has 0 aliphatic rings. The van der Waals surface area contributed by atoms with Gasteiger partial charge in [0.1, 0.15) is 0 Å². The fraction of sp³-hybridized carbons (Fsp3) is 0. The fourth-order valence-corrected chi connectivity index (χ4v) is 2.51. The summed E-state index contributed by atoms with van der Waals surface area (Å²) >= 11 is 0. The van der Waals surface area contributed by atoms with E-state index in [9.17, 15) is 0 Å². The van der Waals surface area contributed by atoms with Crippen LogP contribution in [0, 0.1) is 0 Å². The summed E-state index contributed by atoms with van der Waals surface area (Å²) in [7, 11) is 0. The maximum absolute atomic E-state index is 4.24. The predicted molar refractivity (Wildman–Crippen MR) is 96.7 cm³/mol. The number of rotatable bonds is 4. The normalized spacial score (nSPS) is 9.74. The monoisotopic (exact) mass is 290 g/mol. The van der Waals surface area contributed by atoms with Crippen LogP contribution in [0.2, 0.25) is 0 Å². The Morgan fingerprint density at radius 1 is 0.522 bits per heavy atom. The second-order valence-corrected chi connectivity index (χ2v) is 5.27. The summed E-state index contributed by atoms with van der Waals surface area (Å²) in [6, 6.07) is 28.9. The Bertz CT molecular complexity index is 741. The first-order chi connectivity index (χ1) is 10.8. The van der Waals surface area contributed by atoms with Crippen molar-refractivity contribution in [3.63, 3.8) is 0 Å².